The first-order chi connectivity index (χ1) is 8.90. The minimum absolute atomic E-state index is 0.321. The van der Waals surface area contributed by atoms with E-state index in [0.29, 0.717) is 11.5 Å². The van der Waals surface area contributed by atoms with E-state index < -0.39 is 0 Å². The summed E-state index contributed by atoms with van der Waals surface area (Å²) in [5.41, 5.74) is 1.59. The van der Waals surface area contributed by atoms with E-state index in [0.717, 1.165) is 28.4 Å². The molecule has 0 saturated heterocycles. The summed E-state index contributed by atoms with van der Waals surface area (Å²) in [7, 11) is 0. The molecule has 1 nitrogen and oxygen atoms in total. The Balaban J connectivity index is 2.11. The smallest absolute Gasteiger partial charge is 0.0449 e. The van der Waals surface area contributed by atoms with Gasteiger partial charge in [-0.05, 0) is 48.3 Å². The number of benzene rings is 1. The third-order valence-corrected chi connectivity index (χ3v) is 4.93. The Morgan fingerprint density at radius 1 is 1.42 bits per heavy atom. The van der Waals surface area contributed by atoms with Crippen LogP contribution in [0.2, 0.25) is 5.02 Å². The van der Waals surface area contributed by atoms with Crippen LogP contribution in [0.25, 0.3) is 0 Å². The molecular formula is C16H23BrClN. The molecule has 0 aromatic heterocycles. The second-order valence-electron chi connectivity index (χ2n) is 6.38. The van der Waals surface area contributed by atoms with Gasteiger partial charge in [0.25, 0.3) is 0 Å². The summed E-state index contributed by atoms with van der Waals surface area (Å²) in [6, 6.07) is 6.78. The van der Waals surface area contributed by atoms with Crippen LogP contribution in [0.4, 0.5) is 0 Å². The first-order valence-corrected chi connectivity index (χ1v) is 8.25. The Morgan fingerprint density at radius 2 is 2.11 bits per heavy atom. The molecule has 1 aliphatic rings. The lowest BCUT2D eigenvalue weighted by Gasteiger charge is -2.32. The van der Waals surface area contributed by atoms with Gasteiger partial charge in [0.2, 0.25) is 0 Å². The first-order valence-electron chi connectivity index (χ1n) is 7.08. The predicted octanol–water partition coefficient (Wildman–Crippen LogP) is 5.06. The zero-order valence-electron chi connectivity index (χ0n) is 12.0. The quantitative estimate of drug-likeness (QED) is 0.760. The zero-order chi connectivity index (χ0) is 14.0. The summed E-state index contributed by atoms with van der Waals surface area (Å²) >= 11 is 9.84. The van der Waals surface area contributed by atoms with Gasteiger partial charge in [0.1, 0.15) is 0 Å². The Morgan fingerprint density at radius 3 is 2.63 bits per heavy atom. The third-order valence-electron chi connectivity index (χ3n) is 4.09. The summed E-state index contributed by atoms with van der Waals surface area (Å²) in [5, 5.41) is 4.49. The van der Waals surface area contributed by atoms with Crippen molar-refractivity contribution in [1.29, 1.82) is 0 Å². The maximum atomic E-state index is 6.37. The molecule has 1 unspecified atom stereocenters. The molecule has 1 aromatic rings. The molecule has 0 aliphatic heterocycles. The van der Waals surface area contributed by atoms with Crippen LogP contribution in [-0.2, 0) is 6.42 Å². The van der Waals surface area contributed by atoms with Crippen LogP contribution in [0, 0.1) is 11.3 Å². The number of rotatable bonds is 6. The molecule has 3 heteroatoms. The highest BCUT2D eigenvalue weighted by molar-refractivity contribution is 9.10. The van der Waals surface area contributed by atoms with Crippen LogP contribution in [0.1, 0.15) is 39.2 Å². The van der Waals surface area contributed by atoms with Crippen LogP contribution < -0.4 is 5.32 Å². The van der Waals surface area contributed by atoms with E-state index >= 15 is 0 Å². The Bertz CT molecular complexity index is 442. The van der Waals surface area contributed by atoms with Crippen molar-refractivity contribution in [3.63, 3.8) is 0 Å². The lowest BCUT2D eigenvalue weighted by molar-refractivity contribution is 0.248. The van der Waals surface area contributed by atoms with E-state index in [2.05, 4.69) is 54.2 Å². The van der Waals surface area contributed by atoms with Gasteiger partial charge in [0.05, 0.1) is 0 Å². The molecule has 0 amide bonds. The lowest BCUT2D eigenvalue weighted by Crippen LogP contribution is -2.38. The SMILES string of the molecule is CC(C)NCC(C)(Cc1ccc(Br)cc1Cl)C1CC1. The van der Waals surface area contributed by atoms with E-state index in [1.807, 2.05) is 6.07 Å². The Labute approximate surface area is 130 Å². The summed E-state index contributed by atoms with van der Waals surface area (Å²) in [4.78, 5) is 0. The molecule has 1 saturated carbocycles. The van der Waals surface area contributed by atoms with Gasteiger partial charge >= 0.3 is 0 Å². The number of nitrogens with one attached hydrogen (secondary N) is 1. The van der Waals surface area contributed by atoms with E-state index in [1.54, 1.807) is 0 Å². The highest BCUT2D eigenvalue weighted by Crippen LogP contribution is 2.47. The van der Waals surface area contributed by atoms with Gasteiger partial charge in [-0.15, -0.1) is 0 Å². The second kappa shape index (κ2) is 6.15. The molecule has 0 bridgehead atoms. The molecule has 1 N–H and O–H groups in total. The molecule has 19 heavy (non-hydrogen) atoms. The van der Waals surface area contributed by atoms with Crippen molar-refractivity contribution in [2.75, 3.05) is 6.54 Å². The molecule has 106 valence electrons. The van der Waals surface area contributed by atoms with Crippen molar-refractivity contribution in [3.05, 3.63) is 33.3 Å². The Kier molecular flexibility index (Phi) is 4.97. The summed E-state index contributed by atoms with van der Waals surface area (Å²) in [5.74, 6) is 0.846. The van der Waals surface area contributed by atoms with Crippen LogP contribution in [0.15, 0.2) is 22.7 Å². The molecule has 1 aromatic carbocycles. The van der Waals surface area contributed by atoms with Crippen molar-refractivity contribution in [2.45, 2.75) is 46.1 Å². The van der Waals surface area contributed by atoms with Gasteiger partial charge in [-0.25, -0.2) is 0 Å². The van der Waals surface area contributed by atoms with Crippen LogP contribution >= 0.6 is 27.5 Å². The van der Waals surface area contributed by atoms with Crippen LogP contribution in [0.5, 0.6) is 0 Å². The summed E-state index contributed by atoms with van der Waals surface area (Å²) in [6.45, 7) is 7.89. The molecular weight excluding hydrogens is 322 g/mol. The maximum absolute atomic E-state index is 6.37. The van der Waals surface area contributed by atoms with E-state index in [1.165, 1.54) is 18.4 Å². The van der Waals surface area contributed by atoms with Crippen molar-refractivity contribution >= 4 is 27.5 Å². The number of halogens is 2. The zero-order valence-corrected chi connectivity index (χ0v) is 14.3. The lowest BCUT2D eigenvalue weighted by atomic mass is 9.78. The predicted molar refractivity (Wildman–Crippen MR) is 86.8 cm³/mol. The van der Waals surface area contributed by atoms with Crippen molar-refractivity contribution in [1.82, 2.24) is 5.32 Å². The minimum atomic E-state index is 0.321. The van der Waals surface area contributed by atoms with E-state index in [4.69, 9.17) is 11.6 Å². The molecule has 0 spiro atoms. The molecule has 1 atom stereocenters. The maximum Gasteiger partial charge on any atom is 0.0449 e. The van der Waals surface area contributed by atoms with Gasteiger partial charge in [-0.3, -0.25) is 0 Å². The molecule has 0 radical (unpaired) electrons. The fourth-order valence-electron chi connectivity index (χ4n) is 2.67. The van der Waals surface area contributed by atoms with Gasteiger partial charge in [0, 0.05) is 22.1 Å². The van der Waals surface area contributed by atoms with Gasteiger partial charge in [-0.1, -0.05) is 54.4 Å². The fraction of sp³-hybridized carbons (Fsp3) is 0.625. The fourth-order valence-corrected chi connectivity index (χ4v) is 3.41. The van der Waals surface area contributed by atoms with Crippen molar-refractivity contribution in [3.8, 4) is 0 Å². The topological polar surface area (TPSA) is 12.0 Å². The standard InChI is InChI=1S/C16H23BrClN/c1-11(2)19-10-16(3,13-5-6-13)9-12-4-7-14(17)8-15(12)18/h4,7-8,11,13,19H,5-6,9-10H2,1-3H3. The average Bonchev–Trinajstić information content (AvgIpc) is 3.15. The van der Waals surface area contributed by atoms with Crippen LogP contribution in [0.3, 0.4) is 0 Å². The van der Waals surface area contributed by atoms with Crippen molar-refractivity contribution in [2.24, 2.45) is 11.3 Å². The van der Waals surface area contributed by atoms with E-state index in [9.17, 15) is 0 Å². The van der Waals surface area contributed by atoms with E-state index in [-0.39, 0.29) is 0 Å². The third kappa shape index (κ3) is 4.21. The van der Waals surface area contributed by atoms with Gasteiger partial charge in [-0.2, -0.15) is 0 Å². The van der Waals surface area contributed by atoms with Crippen LogP contribution in [-0.4, -0.2) is 12.6 Å². The average molecular weight is 345 g/mol. The summed E-state index contributed by atoms with van der Waals surface area (Å²) in [6.07, 6.45) is 3.79. The normalized spacial score (nSPS) is 18.6. The minimum Gasteiger partial charge on any atom is -0.314 e. The van der Waals surface area contributed by atoms with Gasteiger partial charge in [0.15, 0.2) is 0 Å². The molecule has 1 aliphatic carbocycles. The van der Waals surface area contributed by atoms with Gasteiger partial charge < -0.3 is 5.32 Å². The highest BCUT2D eigenvalue weighted by Gasteiger charge is 2.41. The highest BCUT2D eigenvalue weighted by atomic mass is 79.9. The monoisotopic (exact) mass is 343 g/mol. The molecule has 0 heterocycles. The molecule has 1 fully saturated rings. The van der Waals surface area contributed by atoms with Crippen molar-refractivity contribution < 1.29 is 0 Å². The Hall–Kier alpha value is -0.0500. The first kappa shape index (κ1) is 15.3. The largest absolute Gasteiger partial charge is 0.314 e. The number of hydrogen-bond acceptors (Lipinski definition) is 1. The molecule has 2 rings (SSSR count). The summed E-state index contributed by atoms with van der Waals surface area (Å²) < 4.78 is 1.05. The number of hydrogen-bond donors (Lipinski definition) is 1. The second-order valence-corrected chi connectivity index (χ2v) is 7.70.